The number of hydrogen-bond donors (Lipinski definition) is 0. The molecule has 1 unspecified atom stereocenters. The van der Waals surface area contributed by atoms with Crippen LogP contribution in [0.2, 0.25) is 18.1 Å². The van der Waals surface area contributed by atoms with Crippen LogP contribution in [0.4, 0.5) is 0 Å². The van der Waals surface area contributed by atoms with Crippen LogP contribution in [0, 0.1) is 0 Å². The molecule has 8 heteroatoms. The van der Waals surface area contributed by atoms with E-state index in [1.54, 1.807) is 0 Å². The lowest BCUT2D eigenvalue weighted by molar-refractivity contribution is 1.01. The Bertz CT molecular complexity index is 227. The minimum absolute atomic E-state index is 1.27. The normalized spacial score (nSPS) is 16.9. The summed E-state index contributed by atoms with van der Waals surface area (Å²) < 4.78 is -1.63. The second-order valence-corrected chi connectivity index (χ2v) is 64.4. The van der Waals surface area contributed by atoms with Crippen molar-refractivity contribution < 1.29 is 0 Å². The number of rotatable bonds is 8. The van der Waals surface area contributed by atoms with E-state index >= 15 is 0 Å². The predicted octanol–water partition coefficient (Wildman–Crippen LogP) is 7.18. The van der Waals surface area contributed by atoms with E-state index in [4.69, 9.17) is 0 Å². The molecule has 0 aliphatic heterocycles. The first-order valence-electron chi connectivity index (χ1n) is 6.13. The Morgan fingerprint density at radius 1 is 0.647 bits per heavy atom. The molecule has 1 atom stereocenters. The van der Waals surface area contributed by atoms with E-state index < -0.39 is 15.4 Å². The van der Waals surface area contributed by atoms with E-state index in [1.807, 2.05) is 0 Å². The van der Waals surface area contributed by atoms with Gasteiger partial charge in [-0.15, -0.1) is 30.6 Å². The molecule has 0 saturated heterocycles. The molecule has 0 saturated carbocycles. The van der Waals surface area contributed by atoms with Gasteiger partial charge in [-0.3, -0.25) is 0 Å². The van der Waals surface area contributed by atoms with Crippen molar-refractivity contribution in [3.63, 3.8) is 0 Å². The second kappa shape index (κ2) is 8.48. The average molecular weight is 613 g/mol. The minimum Gasteiger partial charge on any atom is -0.129 e. The molecular weight excluding hydrogens is 592 g/mol. The molecule has 0 aromatic heterocycles. The quantitative estimate of drug-likeness (QED) is 0.201. The topological polar surface area (TPSA) is 0 Å². The zero-order valence-corrected chi connectivity index (χ0v) is 21.6. The molecule has 0 bridgehead atoms. The summed E-state index contributed by atoms with van der Waals surface area (Å²) >= 11 is 20.4. The summed E-state index contributed by atoms with van der Waals surface area (Å²) in [5.41, 5.74) is -1.49. The Kier molecular flexibility index (Phi) is 10.0. The van der Waals surface area contributed by atoms with Gasteiger partial charge in [-0.1, -0.05) is 85.9 Å². The standard InChI is InChI=1S/C9H21Br5Si3/c1-4-7-15(10,8-5-2)16(11,9-6-3)17(12,13)14/h4-9H2,1-3H3. The second-order valence-electron chi connectivity index (χ2n) is 4.51. The Morgan fingerprint density at radius 3 is 1.24 bits per heavy atom. The molecule has 0 aromatic carbocycles. The molecule has 0 amide bonds. The zero-order chi connectivity index (χ0) is 13.7. The van der Waals surface area contributed by atoms with Gasteiger partial charge in [-0.05, 0) is 18.1 Å². The summed E-state index contributed by atoms with van der Waals surface area (Å²) in [6, 6.07) is 4.12. The minimum atomic E-state index is -1.63. The van der Waals surface area contributed by atoms with Crippen LogP contribution in [0.3, 0.4) is 0 Å². The Morgan fingerprint density at radius 2 is 1.00 bits per heavy atom. The third kappa shape index (κ3) is 5.07. The molecule has 0 radical (unpaired) electrons. The van der Waals surface area contributed by atoms with Crippen LogP contribution in [0.1, 0.15) is 40.0 Å². The monoisotopic (exact) mass is 608 g/mol. The number of hydrogen-bond acceptors (Lipinski definition) is 0. The van der Waals surface area contributed by atoms with Crippen LogP contribution < -0.4 is 0 Å². The van der Waals surface area contributed by atoms with Gasteiger partial charge in [0.15, 0.2) is 5.73 Å². The fourth-order valence-corrected chi connectivity index (χ4v) is 97.3. The fraction of sp³-hybridized carbons (Fsp3) is 1.00. The Labute approximate surface area is 148 Å². The van der Waals surface area contributed by atoms with Crippen LogP contribution in [-0.4, -0.2) is 15.4 Å². The van der Waals surface area contributed by atoms with E-state index in [0.717, 1.165) is 0 Å². The van der Waals surface area contributed by atoms with Crippen molar-refractivity contribution in [2.24, 2.45) is 0 Å². The summed E-state index contributed by atoms with van der Waals surface area (Å²) in [5.74, 6) is 0. The van der Waals surface area contributed by atoms with Gasteiger partial charge in [-0.2, -0.15) is 0 Å². The first kappa shape index (κ1) is 20.1. The van der Waals surface area contributed by atoms with E-state index in [0.29, 0.717) is 0 Å². The fourth-order valence-electron chi connectivity index (χ4n) is 2.28. The van der Waals surface area contributed by atoms with Crippen LogP contribution >= 0.6 is 76.5 Å². The third-order valence-electron chi connectivity index (χ3n) is 3.05. The first-order valence-corrected chi connectivity index (χ1v) is 26.0. The molecule has 0 spiro atoms. The molecule has 104 valence electrons. The molecule has 0 nitrogen and oxygen atoms in total. The largest absolute Gasteiger partial charge is 0.265 e. The molecule has 0 aliphatic rings. The molecule has 0 aliphatic carbocycles. The van der Waals surface area contributed by atoms with Crippen LogP contribution in [0.5, 0.6) is 0 Å². The van der Waals surface area contributed by atoms with Gasteiger partial charge in [0.1, 0.15) is 6.21 Å². The highest BCUT2D eigenvalue weighted by molar-refractivity contribution is 9.77. The van der Waals surface area contributed by atoms with Crippen molar-refractivity contribution in [2.45, 2.75) is 58.2 Å². The van der Waals surface area contributed by atoms with Crippen LogP contribution in [0.15, 0.2) is 0 Å². The van der Waals surface area contributed by atoms with E-state index in [2.05, 4.69) is 97.2 Å². The molecule has 0 N–H and O–H groups in total. The highest BCUT2D eigenvalue weighted by Gasteiger charge is 2.62. The molecule has 0 aromatic rings. The van der Waals surface area contributed by atoms with Crippen molar-refractivity contribution >= 4 is 91.9 Å². The average Bonchev–Trinajstić information content (AvgIpc) is 2.16. The van der Waals surface area contributed by atoms with Gasteiger partial charge < -0.3 is 0 Å². The summed E-state index contributed by atoms with van der Waals surface area (Å²) in [4.78, 5) is 0. The van der Waals surface area contributed by atoms with Gasteiger partial charge >= 0.3 is 0 Å². The Balaban J connectivity index is 5.36. The van der Waals surface area contributed by atoms with Gasteiger partial charge in [0.25, 0.3) is 3.45 Å². The first-order chi connectivity index (χ1) is 7.68. The van der Waals surface area contributed by atoms with Gasteiger partial charge in [-0.25, -0.2) is 0 Å². The highest BCUT2D eigenvalue weighted by atomic mass is 80.0. The zero-order valence-electron chi connectivity index (χ0n) is 10.6. The van der Waals surface area contributed by atoms with Crippen molar-refractivity contribution in [1.29, 1.82) is 0 Å². The van der Waals surface area contributed by atoms with Crippen LogP contribution in [0.25, 0.3) is 0 Å². The summed E-state index contributed by atoms with van der Waals surface area (Å²) in [6.45, 7) is 6.93. The maximum Gasteiger partial charge on any atom is 0.265 e. The maximum absolute atomic E-state index is 4.27. The van der Waals surface area contributed by atoms with Gasteiger partial charge in [0, 0.05) is 0 Å². The predicted molar refractivity (Wildman–Crippen MR) is 107 cm³/mol. The van der Waals surface area contributed by atoms with E-state index in [9.17, 15) is 0 Å². The molecule has 0 fully saturated rings. The Hall–Kier alpha value is 3.05. The lowest BCUT2D eigenvalue weighted by Crippen LogP contribution is -2.64. The number of halogens is 5. The van der Waals surface area contributed by atoms with Crippen molar-refractivity contribution in [1.82, 2.24) is 0 Å². The summed E-state index contributed by atoms with van der Waals surface area (Å²) in [6.07, 6.45) is 2.48. The lowest BCUT2D eigenvalue weighted by atomic mass is 10.6. The molecule has 0 heterocycles. The highest BCUT2D eigenvalue weighted by Crippen LogP contribution is 2.53. The summed E-state index contributed by atoms with van der Waals surface area (Å²) in [7, 11) is 0. The SMILES string of the molecule is CCC[Si](Br)(CCC)[Si](Br)(CCC)[Si](Br)(Br)Br. The third-order valence-corrected chi connectivity index (χ3v) is 99.2. The molecule has 17 heavy (non-hydrogen) atoms. The van der Waals surface area contributed by atoms with Crippen molar-refractivity contribution in [3.05, 3.63) is 0 Å². The van der Waals surface area contributed by atoms with Gasteiger partial charge in [0.05, 0.1) is 0 Å². The molecule has 0 rings (SSSR count). The lowest BCUT2D eigenvalue weighted by Gasteiger charge is -2.44. The van der Waals surface area contributed by atoms with Crippen molar-refractivity contribution in [2.75, 3.05) is 0 Å². The van der Waals surface area contributed by atoms with E-state index in [-0.39, 0.29) is 0 Å². The molecular formula is C9H21Br5Si3. The smallest absolute Gasteiger partial charge is 0.129 e. The van der Waals surface area contributed by atoms with Crippen LogP contribution in [-0.2, 0) is 0 Å². The van der Waals surface area contributed by atoms with Gasteiger partial charge in [0.2, 0.25) is 0 Å². The maximum atomic E-state index is 4.27. The van der Waals surface area contributed by atoms with Crippen molar-refractivity contribution in [3.8, 4) is 0 Å². The summed E-state index contributed by atoms with van der Waals surface area (Å²) in [5, 5.41) is 0. The van der Waals surface area contributed by atoms with E-state index in [1.165, 1.54) is 37.4 Å².